The van der Waals surface area contributed by atoms with Gasteiger partial charge in [-0.3, -0.25) is 4.99 Å². The molecule has 0 bridgehead atoms. The molecule has 3 rings (SSSR count). The average Bonchev–Trinajstić information content (AvgIpc) is 3.09. The number of rotatable bonds is 3. The smallest absolute Gasteiger partial charge is 0.194 e. The molecule has 2 heterocycles. The van der Waals surface area contributed by atoms with Crippen LogP contribution in [0.3, 0.4) is 0 Å². The van der Waals surface area contributed by atoms with Crippen LogP contribution in [0, 0.1) is 0 Å². The van der Waals surface area contributed by atoms with E-state index in [-0.39, 0.29) is 24.0 Å². The number of halogens is 2. The van der Waals surface area contributed by atoms with Crippen LogP contribution >= 0.6 is 46.9 Å². The van der Waals surface area contributed by atoms with Crippen LogP contribution in [0.25, 0.3) is 0 Å². The zero-order chi connectivity index (χ0) is 16.1. The van der Waals surface area contributed by atoms with Crippen LogP contribution in [0.5, 0.6) is 0 Å². The number of nitrogens with one attached hydrogen (secondary N) is 1. The first kappa shape index (κ1) is 19.3. The zero-order valence-corrected chi connectivity index (χ0v) is 17.4. The second-order valence-electron chi connectivity index (χ2n) is 5.28. The molecular weight excluding hydrogens is 457 g/mol. The van der Waals surface area contributed by atoms with Crippen molar-refractivity contribution in [2.75, 3.05) is 38.1 Å². The first-order valence-electron chi connectivity index (χ1n) is 7.61. The summed E-state index contributed by atoms with van der Waals surface area (Å²) in [6.07, 6.45) is 1.83. The molecule has 0 saturated carbocycles. The number of guanidine groups is 1. The summed E-state index contributed by atoms with van der Waals surface area (Å²) >= 11 is 7.74. The molecule has 1 saturated heterocycles. The highest BCUT2D eigenvalue weighted by Gasteiger charge is 2.20. The van der Waals surface area contributed by atoms with Gasteiger partial charge in [0.25, 0.3) is 0 Å². The van der Waals surface area contributed by atoms with Crippen molar-refractivity contribution in [1.29, 1.82) is 0 Å². The van der Waals surface area contributed by atoms with Crippen LogP contribution in [0.15, 0.2) is 40.8 Å². The van der Waals surface area contributed by atoms with Gasteiger partial charge < -0.3 is 15.1 Å². The minimum absolute atomic E-state index is 0. The summed E-state index contributed by atoms with van der Waals surface area (Å²) in [4.78, 5) is 13.3. The largest absolute Gasteiger partial charge is 0.368 e. The first-order valence-corrected chi connectivity index (χ1v) is 8.86. The van der Waals surface area contributed by atoms with Crippen molar-refractivity contribution >= 4 is 58.6 Å². The molecule has 0 spiro atoms. The van der Waals surface area contributed by atoms with Crippen LogP contribution in [-0.2, 0) is 6.54 Å². The summed E-state index contributed by atoms with van der Waals surface area (Å²) in [6, 6.07) is 8.04. The van der Waals surface area contributed by atoms with Gasteiger partial charge in [0, 0.05) is 55.5 Å². The summed E-state index contributed by atoms with van der Waals surface area (Å²) in [5.74, 6) is 0.936. The molecule has 0 atom stereocenters. The number of hydrogen-bond acceptors (Lipinski definition) is 4. The number of piperazine rings is 1. The van der Waals surface area contributed by atoms with E-state index in [4.69, 9.17) is 11.6 Å². The summed E-state index contributed by atoms with van der Waals surface area (Å²) in [5.41, 5.74) is 1.18. The number of nitrogens with zero attached hydrogens (tertiary/aromatic N) is 4. The predicted octanol–water partition coefficient (Wildman–Crippen LogP) is 3.31. The Morgan fingerprint density at radius 2 is 2.12 bits per heavy atom. The molecule has 1 aromatic heterocycles. The van der Waals surface area contributed by atoms with Gasteiger partial charge >= 0.3 is 0 Å². The quantitative estimate of drug-likeness (QED) is 0.418. The molecule has 0 aliphatic carbocycles. The Bertz CT molecular complexity index is 656. The zero-order valence-electron chi connectivity index (χ0n) is 13.5. The molecule has 8 heteroatoms. The summed E-state index contributed by atoms with van der Waals surface area (Å²) in [5, 5.41) is 7.24. The number of aromatic nitrogens is 1. The maximum Gasteiger partial charge on any atom is 0.194 e. The fraction of sp³-hybridized carbons (Fsp3) is 0.375. The van der Waals surface area contributed by atoms with E-state index < -0.39 is 0 Å². The van der Waals surface area contributed by atoms with Crippen molar-refractivity contribution in [3.8, 4) is 0 Å². The molecule has 5 nitrogen and oxygen atoms in total. The molecule has 1 fully saturated rings. The lowest BCUT2D eigenvalue weighted by Crippen LogP contribution is -2.52. The van der Waals surface area contributed by atoms with E-state index in [2.05, 4.69) is 31.2 Å². The Hall–Kier alpha value is -1.06. The lowest BCUT2D eigenvalue weighted by molar-refractivity contribution is 0.372. The number of thiazole rings is 1. The molecule has 1 N–H and O–H groups in total. The standard InChI is InChI=1S/C16H20ClN5S.HI/c1-18-16(20-12-15-19-5-10-23-15)22-8-6-21(7-9-22)14-4-2-3-13(17)11-14;/h2-5,10-11H,6-9,12H2,1H3,(H,18,20);1H. The van der Waals surface area contributed by atoms with Crippen LogP contribution < -0.4 is 10.2 Å². The number of hydrogen-bond donors (Lipinski definition) is 1. The lowest BCUT2D eigenvalue weighted by Gasteiger charge is -2.37. The van der Waals surface area contributed by atoms with Gasteiger partial charge in [0.1, 0.15) is 5.01 Å². The molecule has 1 aliphatic heterocycles. The predicted molar refractivity (Wildman–Crippen MR) is 113 cm³/mol. The summed E-state index contributed by atoms with van der Waals surface area (Å²) in [6.45, 7) is 4.50. The van der Waals surface area contributed by atoms with Crippen molar-refractivity contribution < 1.29 is 0 Å². The Labute approximate surface area is 168 Å². The van der Waals surface area contributed by atoms with Crippen molar-refractivity contribution in [2.45, 2.75) is 6.54 Å². The topological polar surface area (TPSA) is 43.8 Å². The second-order valence-corrected chi connectivity index (χ2v) is 6.70. The van der Waals surface area contributed by atoms with E-state index in [0.717, 1.165) is 48.7 Å². The first-order chi connectivity index (χ1) is 11.3. The summed E-state index contributed by atoms with van der Waals surface area (Å²) < 4.78 is 0. The highest BCUT2D eigenvalue weighted by Crippen LogP contribution is 2.20. The van der Waals surface area contributed by atoms with E-state index in [1.54, 1.807) is 11.3 Å². The van der Waals surface area contributed by atoms with Gasteiger partial charge in [-0.2, -0.15) is 0 Å². The number of aliphatic imine (C=N–C) groups is 1. The van der Waals surface area contributed by atoms with Crippen LogP contribution in [0.1, 0.15) is 5.01 Å². The van der Waals surface area contributed by atoms with Crippen molar-refractivity contribution in [1.82, 2.24) is 15.2 Å². The van der Waals surface area contributed by atoms with Gasteiger partial charge in [0.15, 0.2) is 5.96 Å². The minimum Gasteiger partial charge on any atom is -0.368 e. The molecule has 1 aliphatic rings. The van der Waals surface area contributed by atoms with Gasteiger partial charge in [-0.05, 0) is 18.2 Å². The molecule has 1 aromatic carbocycles. The fourth-order valence-corrected chi connectivity index (χ4v) is 3.42. The third-order valence-electron chi connectivity index (χ3n) is 3.85. The van der Waals surface area contributed by atoms with E-state index in [1.807, 2.05) is 36.8 Å². The third-order valence-corrected chi connectivity index (χ3v) is 4.86. The highest BCUT2D eigenvalue weighted by molar-refractivity contribution is 14.0. The Morgan fingerprint density at radius 1 is 1.33 bits per heavy atom. The van der Waals surface area contributed by atoms with Crippen LogP contribution in [-0.4, -0.2) is 49.1 Å². The van der Waals surface area contributed by atoms with Crippen molar-refractivity contribution in [3.63, 3.8) is 0 Å². The highest BCUT2D eigenvalue weighted by atomic mass is 127. The van der Waals surface area contributed by atoms with Gasteiger partial charge in [-0.25, -0.2) is 4.98 Å². The third kappa shape index (κ3) is 4.97. The SMILES string of the molecule is CN=C(NCc1nccs1)N1CCN(c2cccc(Cl)c2)CC1.I. The van der Waals surface area contributed by atoms with Gasteiger partial charge in [0.05, 0.1) is 6.54 Å². The molecule has 24 heavy (non-hydrogen) atoms. The summed E-state index contributed by atoms with van der Waals surface area (Å²) in [7, 11) is 1.83. The van der Waals surface area contributed by atoms with E-state index in [0.29, 0.717) is 0 Å². The Morgan fingerprint density at radius 3 is 2.75 bits per heavy atom. The number of anilines is 1. The van der Waals surface area contributed by atoms with E-state index in [1.165, 1.54) is 5.69 Å². The maximum absolute atomic E-state index is 6.08. The van der Waals surface area contributed by atoms with Crippen LogP contribution in [0.2, 0.25) is 5.02 Å². The average molecular weight is 478 g/mol. The Kier molecular flexibility index (Phi) is 7.57. The molecular formula is C16H21ClIN5S. The van der Waals surface area contributed by atoms with Crippen molar-refractivity contribution in [3.05, 3.63) is 45.9 Å². The van der Waals surface area contributed by atoms with E-state index >= 15 is 0 Å². The molecule has 2 aromatic rings. The van der Waals surface area contributed by atoms with Gasteiger partial charge in [-0.15, -0.1) is 35.3 Å². The lowest BCUT2D eigenvalue weighted by atomic mass is 10.2. The normalized spacial score (nSPS) is 15.2. The molecule has 130 valence electrons. The second kappa shape index (κ2) is 9.43. The minimum atomic E-state index is 0. The molecule has 0 unspecified atom stereocenters. The fourth-order valence-electron chi connectivity index (χ4n) is 2.68. The van der Waals surface area contributed by atoms with E-state index in [9.17, 15) is 0 Å². The Balaban J connectivity index is 0.00000208. The van der Waals surface area contributed by atoms with Crippen molar-refractivity contribution in [2.24, 2.45) is 4.99 Å². The molecule has 0 amide bonds. The molecule has 0 radical (unpaired) electrons. The van der Waals surface area contributed by atoms with Gasteiger partial charge in [0.2, 0.25) is 0 Å². The van der Waals surface area contributed by atoms with Crippen LogP contribution in [0.4, 0.5) is 5.69 Å². The van der Waals surface area contributed by atoms with Gasteiger partial charge in [-0.1, -0.05) is 17.7 Å². The monoisotopic (exact) mass is 477 g/mol. The number of benzene rings is 1. The maximum atomic E-state index is 6.08.